The van der Waals surface area contributed by atoms with Crippen molar-refractivity contribution in [3.63, 3.8) is 0 Å². The number of nitrogens with two attached hydrogens (primary N) is 1. The van der Waals surface area contributed by atoms with Gasteiger partial charge in [0.25, 0.3) is 0 Å². The first-order chi connectivity index (χ1) is 8.03. The second-order valence-electron chi connectivity index (χ2n) is 3.36. The maximum absolute atomic E-state index is 11.3. The molecule has 0 saturated carbocycles. The zero-order valence-corrected chi connectivity index (χ0v) is 10.1. The average Bonchev–Trinajstić information content (AvgIpc) is 2.26. The number of aliphatic hydroxyl groups is 1. The maximum Gasteiger partial charge on any atom is 0.215 e. The molecule has 0 aliphatic rings. The van der Waals surface area contributed by atoms with E-state index in [1.807, 2.05) is 0 Å². The fourth-order valence-electron chi connectivity index (χ4n) is 1.15. The molecule has 6 nitrogen and oxygen atoms in total. The second-order valence-corrected chi connectivity index (χ2v) is 5.28. The molecule has 1 aromatic rings. The van der Waals surface area contributed by atoms with Gasteiger partial charge in [-0.05, 0) is 12.1 Å². The topological polar surface area (TPSA) is 102 Å². The van der Waals surface area contributed by atoms with E-state index in [0.717, 1.165) is 0 Å². The molecule has 0 heterocycles. The van der Waals surface area contributed by atoms with Gasteiger partial charge in [-0.1, -0.05) is 6.07 Å². The van der Waals surface area contributed by atoms with Gasteiger partial charge in [-0.2, -0.15) is 0 Å². The van der Waals surface area contributed by atoms with Crippen molar-refractivity contribution < 1.29 is 18.3 Å². The summed E-state index contributed by atoms with van der Waals surface area (Å²) in [5, 5.41) is 8.49. The molecule has 0 saturated heterocycles. The average molecular weight is 260 g/mol. The van der Waals surface area contributed by atoms with Crippen molar-refractivity contribution in [1.82, 2.24) is 4.72 Å². The number of ether oxygens (including phenoxy) is 1. The summed E-state index contributed by atoms with van der Waals surface area (Å²) < 4.78 is 30.1. The third kappa shape index (κ3) is 5.53. The molecule has 0 amide bonds. The summed E-state index contributed by atoms with van der Waals surface area (Å²) in [6.07, 6.45) is 0. The summed E-state index contributed by atoms with van der Waals surface area (Å²) in [6, 6.07) is 6.76. The van der Waals surface area contributed by atoms with Crippen LogP contribution >= 0.6 is 0 Å². The Morgan fingerprint density at radius 1 is 1.41 bits per heavy atom. The van der Waals surface area contributed by atoms with Crippen molar-refractivity contribution in [1.29, 1.82) is 0 Å². The zero-order chi connectivity index (χ0) is 12.7. The van der Waals surface area contributed by atoms with Crippen LogP contribution in [0.4, 0.5) is 5.69 Å². The number of hydrogen-bond donors (Lipinski definition) is 3. The number of nitrogen functional groups attached to an aromatic ring is 1. The Balaban J connectivity index is 2.37. The summed E-state index contributed by atoms with van der Waals surface area (Å²) in [7, 11) is -3.39. The highest BCUT2D eigenvalue weighted by Crippen LogP contribution is 2.14. The standard InChI is InChI=1S/C10H16N2O4S/c11-9-2-1-3-10(8-9)16-6-7-17(14,15)12-4-5-13/h1-3,8,12-13H,4-7,11H2. The van der Waals surface area contributed by atoms with Crippen molar-refractivity contribution in [3.05, 3.63) is 24.3 Å². The lowest BCUT2D eigenvalue weighted by Crippen LogP contribution is -2.31. The maximum atomic E-state index is 11.3. The summed E-state index contributed by atoms with van der Waals surface area (Å²) in [5.74, 6) is 0.365. The summed E-state index contributed by atoms with van der Waals surface area (Å²) >= 11 is 0. The van der Waals surface area contributed by atoms with Crippen molar-refractivity contribution in [2.45, 2.75) is 0 Å². The van der Waals surface area contributed by atoms with E-state index in [0.29, 0.717) is 11.4 Å². The molecular weight excluding hydrogens is 244 g/mol. The number of aliphatic hydroxyl groups excluding tert-OH is 1. The quantitative estimate of drug-likeness (QED) is 0.577. The summed E-state index contributed by atoms with van der Waals surface area (Å²) in [6.45, 7) is -0.180. The molecule has 0 bridgehead atoms. The van der Waals surface area contributed by atoms with E-state index < -0.39 is 10.0 Å². The predicted octanol–water partition coefficient (Wildman–Crippen LogP) is -0.441. The van der Waals surface area contributed by atoms with Gasteiger partial charge in [-0.25, -0.2) is 13.1 Å². The predicted molar refractivity (Wildman–Crippen MR) is 65.2 cm³/mol. The minimum absolute atomic E-state index is 0.0145. The van der Waals surface area contributed by atoms with E-state index in [1.54, 1.807) is 24.3 Å². The largest absolute Gasteiger partial charge is 0.492 e. The first kappa shape index (κ1) is 13.8. The molecular formula is C10H16N2O4S. The van der Waals surface area contributed by atoms with E-state index in [4.69, 9.17) is 15.6 Å². The fourth-order valence-corrected chi connectivity index (χ4v) is 2.00. The molecule has 0 aromatic heterocycles. The Morgan fingerprint density at radius 3 is 2.82 bits per heavy atom. The molecule has 1 rings (SSSR count). The Bertz CT molecular complexity index is 447. The van der Waals surface area contributed by atoms with Crippen molar-refractivity contribution >= 4 is 15.7 Å². The van der Waals surface area contributed by atoms with Gasteiger partial charge in [0, 0.05) is 18.3 Å². The molecule has 0 fully saturated rings. The van der Waals surface area contributed by atoms with Crippen molar-refractivity contribution in [2.24, 2.45) is 0 Å². The molecule has 4 N–H and O–H groups in total. The van der Waals surface area contributed by atoms with Gasteiger partial charge < -0.3 is 15.6 Å². The minimum atomic E-state index is -3.39. The number of benzene rings is 1. The Kier molecular flexibility index (Phi) is 5.20. The smallest absolute Gasteiger partial charge is 0.215 e. The van der Waals surface area contributed by atoms with Gasteiger partial charge in [0.05, 0.1) is 12.4 Å². The van der Waals surface area contributed by atoms with Crippen LogP contribution in [0.3, 0.4) is 0 Å². The van der Waals surface area contributed by atoms with Crippen LogP contribution in [-0.4, -0.2) is 39.0 Å². The molecule has 0 unspecified atom stereocenters. The van der Waals surface area contributed by atoms with Gasteiger partial charge in [-0.15, -0.1) is 0 Å². The molecule has 0 spiro atoms. The van der Waals surface area contributed by atoms with Crippen LogP contribution in [0.1, 0.15) is 0 Å². The summed E-state index contributed by atoms with van der Waals surface area (Å²) in [5.41, 5.74) is 6.10. The molecule has 0 radical (unpaired) electrons. The Morgan fingerprint density at radius 2 is 2.18 bits per heavy atom. The normalized spacial score (nSPS) is 11.4. The van der Waals surface area contributed by atoms with Gasteiger partial charge in [0.2, 0.25) is 10.0 Å². The van der Waals surface area contributed by atoms with Crippen LogP contribution in [0.2, 0.25) is 0 Å². The van der Waals surface area contributed by atoms with Gasteiger partial charge >= 0.3 is 0 Å². The SMILES string of the molecule is Nc1cccc(OCCS(=O)(=O)NCCO)c1. The first-order valence-electron chi connectivity index (χ1n) is 5.10. The minimum Gasteiger partial charge on any atom is -0.492 e. The molecule has 17 heavy (non-hydrogen) atoms. The molecule has 0 aliphatic heterocycles. The number of nitrogens with one attached hydrogen (secondary N) is 1. The lowest BCUT2D eigenvalue weighted by Gasteiger charge is -2.08. The highest BCUT2D eigenvalue weighted by atomic mass is 32.2. The van der Waals surface area contributed by atoms with E-state index in [2.05, 4.69) is 4.72 Å². The van der Waals surface area contributed by atoms with Crippen LogP contribution in [0.25, 0.3) is 0 Å². The van der Waals surface area contributed by atoms with Crippen molar-refractivity contribution in [2.75, 3.05) is 31.2 Å². The highest BCUT2D eigenvalue weighted by molar-refractivity contribution is 7.89. The van der Waals surface area contributed by atoms with Crippen LogP contribution in [0.5, 0.6) is 5.75 Å². The third-order valence-electron chi connectivity index (χ3n) is 1.91. The Hall–Kier alpha value is -1.31. The second kappa shape index (κ2) is 6.43. The van der Waals surface area contributed by atoms with Crippen LogP contribution in [-0.2, 0) is 10.0 Å². The van der Waals surface area contributed by atoms with E-state index >= 15 is 0 Å². The first-order valence-corrected chi connectivity index (χ1v) is 6.75. The van der Waals surface area contributed by atoms with Gasteiger partial charge in [0.15, 0.2) is 0 Å². The van der Waals surface area contributed by atoms with Gasteiger partial charge in [0.1, 0.15) is 12.4 Å². The third-order valence-corrected chi connectivity index (χ3v) is 3.26. The lowest BCUT2D eigenvalue weighted by atomic mass is 10.3. The van der Waals surface area contributed by atoms with E-state index in [9.17, 15) is 8.42 Å². The molecule has 96 valence electrons. The van der Waals surface area contributed by atoms with E-state index in [1.165, 1.54) is 0 Å². The molecule has 7 heteroatoms. The lowest BCUT2D eigenvalue weighted by molar-refractivity contribution is 0.300. The number of hydrogen-bond acceptors (Lipinski definition) is 5. The van der Waals surface area contributed by atoms with Crippen LogP contribution < -0.4 is 15.2 Å². The van der Waals surface area contributed by atoms with Crippen LogP contribution in [0, 0.1) is 0 Å². The van der Waals surface area contributed by atoms with Crippen molar-refractivity contribution in [3.8, 4) is 5.75 Å². The van der Waals surface area contributed by atoms with Crippen LogP contribution in [0.15, 0.2) is 24.3 Å². The highest BCUT2D eigenvalue weighted by Gasteiger charge is 2.09. The molecule has 0 atom stereocenters. The molecule has 0 aliphatic carbocycles. The van der Waals surface area contributed by atoms with E-state index in [-0.39, 0.29) is 25.5 Å². The number of anilines is 1. The monoisotopic (exact) mass is 260 g/mol. The number of rotatable bonds is 7. The fraction of sp³-hybridized carbons (Fsp3) is 0.400. The molecule has 1 aromatic carbocycles. The zero-order valence-electron chi connectivity index (χ0n) is 9.30. The van der Waals surface area contributed by atoms with Gasteiger partial charge in [-0.3, -0.25) is 0 Å². The Labute approximate surface area is 100 Å². The summed E-state index contributed by atoms with van der Waals surface area (Å²) in [4.78, 5) is 0. The number of sulfonamides is 1.